The molecular weight excluding hydrogens is 293 g/mol. The van der Waals surface area contributed by atoms with E-state index < -0.39 is 40.6 Å². The Kier molecular flexibility index (Phi) is 4.21. The third-order valence-corrected chi connectivity index (χ3v) is 2.69. The summed E-state index contributed by atoms with van der Waals surface area (Å²) in [5, 5.41) is 2.16. The molecule has 0 aliphatic heterocycles. The normalized spacial score (nSPS) is 10.5. The van der Waals surface area contributed by atoms with Crippen LogP contribution >= 0.6 is 0 Å². The molecule has 0 unspecified atom stereocenters. The summed E-state index contributed by atoms with van der Waals surface area (Å²) in [7, 11) is 0. The summed E-state index contributed by atoms with van der Waals surface area (Å²) in [5.74, 6) is -7.11. The van der Waals surface area contributed by atoms with Gasteiger partial charge in [-0.05, 0) is 30.3 Å². The third kappa shape index (κ3) is 3.36. The zero-order chi connectivity index (χ0) is 15.6. The molecule has 0 saturated carbocycles. The summed E-state index contributed by atoms with van der Waals surface area (Å²) in [6, 6.07) is 3.69. The van der Waals surface area contributed by atoms with Crippen LogP contribution < -0.4 is 5.32 Å². The molecule has 2 aromatic rings. The quantitative estimate of drug-likeness (QED) is 0.684. The fraction of sp³-hybridized carbons (Fsp3) is 0.0714. The summed E-state index contributed by atoms with van der Waals surface area (Å²) in [5.41, 5.74) is -0.602. The number of carbonyl (C=O) groups is 1. The van der Waals surface area contributed by atoms with E-state index in [1.165, 1.54) is 0 Å². The Hall–Kier alpha value is -2.44. The van der Waals surface area contributed by atoms with E-state index in [-0.39, 0.29) is 12.1 Å². The van der Waals surface area contributed by atoms with E-state index in [9.17, 15) is 26.7 Å². The molecule has 0 saturated heterocycles. The Morgan fingerprint density at radius 3 is 2.14 bits per heavy atom. The van der Waals surface area contributed by atoms with E-state index in [0.717, 1.165) is 18.2 Å². The van der Waals surface area contributed by atoms with Crippen molar-refractivity contribution in [1.29, 1.82) is 0 Å². The molecule has 0 bridgehead atoms. The van der Waals surface area contributed by atoms with Crippen molar-refractivity contribution in [3.05, 3.63) is 70.5 Å². The maximum atomic E-state index is 13.3. The van der Waals surface area contributed by atoms with Crippen molar-refractivity contribution in [2.45, 2.75) is 6.54 Å². The molecule has 110 valence electrons. The molecule has 1 N–H and O–H groups in total. The SMILES string of the molecule is O=C(NCc1cc(F)ccc1F)c1cc(F)c(F)c(F)c1. The van der Waals surface area contributed by atoms with Crippen LogP contribution in [0.15, 0.2) is 30.3 Å². The molecule has 7 heteroatoms. The number of nitrogens with one attached hydrogen (secondary N) is 1. The predicted molar refractivity (Wildman–Crippen MR) is 63.8 cm³/mol. The summed E-state index contributed by atoms with van der Waals surface area (Å²) < 4.78 is 64.9. The van der Waals surface area contributed by atoms with Gasteiger partial charge < -0.3 is 5.32 Å². The molecule has 0 heterocycles. The number of rotatable bonds is 3. The lowest BCUT2D eigenvalue weighted by atomic mass is 10.1. The number of hydrogen-bond acceptors (Lipinski definition) is 1. The Morgan fingerprint density at radius 1 is 0.905 bits per heavy atom. The second-order valence-corrected chi connectivity index (χ2v) is 4.17. The molecule has 1 amide bonds. The second kappa shape index (κ2) is 5.90. The van der Waals surface area contributed by atoms with E-state index in [1.54, 1.807) is 0 Å². The van der Waals surface area contributed by atoms with Crippen molar-refractivity contribution in [3.63, 3.8) is 0 Å². The number of hydrogen-bond donors (Lipinski definition) is 1. The van der Waals surface area contributed by atoms with Crippen LogP contribution in [0.25, 0.3) is 0 Å². The Labute approximate surface area is 116 Å². The average molecular weight is 301 g/mol. The largest absolute Gasteiger partial charge is 0.348 e. The zero-order valence-electron chi connectivity index (χ0n) is 10.4. The van der Waals surface area contributed by atoms with Crippen molar-refractivity contribution in [1.82, 2.24) is 5.32 Å². The standard InChI is InChI=1S/C14H8F5NO/c15-9-1-2-10(16)8(3-9)6-20-14(21)7-4-11(17)13(19)12(18)5-7/h1-5H,6H2,(H,20,21). The van der Waals surface area contributed by atoms with Gasteiger partial charge >= 0.3 is 0 Å². The van der Waals surface area contributed by atoms with Crippen LogP contribution in [0.5, 0.6) is 0 Å². The predicted octanol–water partition coefficient (Wildman–Crippen LogP) is 3.31. The fourth-order valence-corrected chi connectivity index (χ4v) is 1.64. The zero-order valence-corrected chi connectivity index (χ0v) is 10.4. The summed E-state index contributed by atoms with van der Waals surface area (Å²) in [4.78, 5) is 11.6. The molecule has 2 aromatic carbocycles. The summed E-state index contributed by atoms with van der Waals surface area (Å²) in [6.45, 7) is -0.386. The van der Waals surface area contributed by atoms with Crippen LogP contribution in [0.3, 0.4) is 0 Å². The van der Waals surface area contributed by atoms with Crippen molar-refractivity contribution in [2.24, 2.45) is 0 Å². The van der Waals surface area contributed by atoms with Crippen LogP contribution in [-0.2, 0) is 6.54 Å². The number of halogens is 5. The highest BCUT2D eigenvalue weighted by atomic mass is 19.2. The minimum absolute atomic E-state index is 0.133. The third-order valence-electron chi connectivity index (χ3n) is 2.69. The first-order valence-corrected chi connectivity index (χ1v) is 5.75. The molecule has 0 atom stereocenters. The molecule has 0 aromatic heterocycles. The molecular formula is C14H8F5NO. The second-order valence-electron chi connectivity index (χ2n) is 4.17. The van der Waals surface area contributed by atoms with Gasteiger partial charge in [0, 0.05) is 17.7 Å². The number of benzene rings is 2. The lowest BCUT2D eigenvalue weighted by Crippen LogP contribution is -2.24. The Morgan fingerprint density at radius 2 is 1.52 bits per heavy atom. The van der Waals surface area contributed by atoms with Crippen molar-refractivity contribution in [3.8, 4) is 0 Å². The lowest BCUT2D eigenvalue weighted by molar-refractivity contribution is 0.0949. The van der Waals surface area contributed by atoms with Gasteiger partial charge in [-0.1, -0.05) is 0 Å². The Bertz CT molecular complexity index is 679. The highest BCUT2D eigenvalue weighted by molar-refractivity contribution is 5.94. The van der Waals surface area contributed by atoms with E-state index in [4.69, 9.17) is 0 Å². The number of carbonyl (C=O) groups excluding carboxylic acids is 1. The molecule has 0 aliphatic carbocycles. The Balaban J connectivity index is 2.13. The molecule has 2 rings (SSSR count). The first kappa shape index (κ1) is 15.0. The maximum absolute atomic E-state index is 13.3. The maximum Gasteiger partial charge on any atom is 0.251 e. The molecule has 0 radical (unpaired) electrons. The van der Waals surface area contributed by atoms with E-state index in [2.05, 4.69) is 5.32 Å². The van der Waals surface area contributed by atoms with Gasteiger partial charge in [-0.25, -0.2) is 22.0 Å². The highest BCUT2D eigenvalue weighted by Gasteiger charge is 2.15. The fourth-order valence-electron chi connectivity index (χ4n) is 1.64. The first-order valence-electron chi connectivity index (χ1n) is 5.75. The van der Waals surface area contributed by atoms with E-state index in [0.29, 0.717) is 12.1 Å². The van der Waals surface area contributed by atoms with Gasteiger partial charge in [-0.2, -0.15) is 0 Å². The van der Waals surface area contributed by atoms with Crippen molar-refractivity contribution >= 4 is 5.91 Å². The molecule has 0 aliphatic rings. The van der Waals surface area contributed by atoms with Gasteiger partial charge in [0.2, 0.25) is 0 Å². The van der Waals surface area contributed by atoms with Crippen molar-refractivity contribution < 1.29 is 26.7 Å². The average Bonchev–Trinajstić information content (AvgIpc) is 2.44. The van der Waals surface area contributed by atoms with Gasteiger partial charge in [-0.3, -0.25) is 4.79 Å². The van der Waals surface area contributed by atoms with E-state index in [1.807, 2.05) is 0 Å². The smallest absolute Gasteiger partial charge is 0.251 e. The minimum atomic E-state index is -1.69. The topological polar surface area (TPSA) is 29.1 Å². The summed E-state index contributed by atoms with van der Waals surface area (Å²) in [6.07, 6.45) is 0. The van der Waals surface area contributed by atoms with Crippen molar-refractivity contribution in [2.75, 3.05) is 0 Å². The van der Waals surface area contributed by atoms with Crippen LogP contribution in [0.2, 0.25) is 0 Å². The first-order chi connectivity index (χ1) is 9.88. The highest BCUT2D eigenvalue weighted by Crippen LogP contribution is 2.14. The van der Waals surface area contributed by atoms with Crippen LogP contribution in [0, 0.1) is 29.1 Å². The van der Waals surface area contributed by atoms with Gasteiger partial charge in [0.05, 0.1) is 0 Å². The van der Waals surface area contributed by atoms with Gasteiger partial charge in [0.1, 0.15) is 11.6 Å². The van der Waals surface area contributed by atoms with Crippen LogP contribution in [0.1, 0.15) is 15.9 Å². The monoisotopic (exact) mass is 301 g/mol. The molecule has 0 spiro atoms. The molecule has 0 fully saturated rings. The minimum Gasteiger partial charge on any atom is -0.348 e. The molecule has 2 nitrogen and oxygen atoms in total. The summed E-state index contributed by atoms with van der Waals surface area (Å²) >= 11 is 0. The lowest BCUT2D eigenvalue weighted by Gasteiger charge is -2.07. The number of amides is 1. The van der Waals surface area contributed by atoms with Crippen LogP contribution in [0.4, 0.5) is 22.0 Å². The molecule has 21 heavy (non-hydrogen) atoms. The van der Waals surface area contributed by atoms with Gasteiger partial charge in [0.15, 0.2) is 17.5 Å². The van der Waals surface area contributed by atoms with Crippen LogP contribution in [-0.4, -0.2) is 5.91 Å². The van der Waals surface area contributed by atoms with Gasteiger partial charge in [-0.15, -0.1) is 0 Å². The van der Waals surface area contributed by atoms with E-state index >= 15 is 0 Å². The van der Waals surface area contributed by atoms with Gasteiger partial charge in [0.25, 0.3) is 5.91 Å².